The van der Waals surface area contributed by atoms with Crippen LogP contribution in [0, 0.1) is 0 Å². The second-order valence-corrected chi connectivity index (χ2v) is 15.3. The number of nitrogens with one attached hydrogen (secondary N) is 2. The van der Waals surface area contributed by atoms with Crippen molar-refractivity contribution in [3.8, 4) is 5.75 Å². The molecule has 11 nitrogen and oxygen atoms in total. The predicted molar refractivity (Wildman–Crippen MR) is 183 cm³/mol. The first-order valence-corrected chi connectivity index (χ1v) is 17.2. The molecule has 0 amide bonds. The highest BCUT2D eigenvalue weighted by molar-refractivity contribution is 7.93. The van der Waals surface area contributed by atoms with Crippen LogP contribution in [0.25, 0.3) is 11.0 Å². The van der Waals surface area contributed by atoms with Crippen LogP contribution in [0.4, 0.5) is 23.0 Å². The van der Waals surface area contributed by atoms with Crippen molar-refractivity contribution in [3.05, 3.63) is 101 Å². The van der Waals surface area contributed by atoms with Gasteiger partial charge in [0.05, 0.1) is 27.6 Å². The number of anilines is 4. The Morgan fingerprint density at radius 1 is 0.936 bits per heavy atom. The van der Waals surface area contributed by atoms with Crippen LogP contribution in [0.1, 0.15) is 38.3 Å². The Morgan fingerprint density at radius 3 is 2.45 bits per heavy atom. The zero-order valence-electron chi connectivity index (χ0n) is 26.6. The maximum absolute atomic E-state index is 14.4. The standard InChI is InChI=1S/C35H37N7O4S/c1-35(2)31(20-23-7-4-5-9-30(23)47(35,44)45)42-32-24(19-29(33(42)43)38-26-8-6-16-36-22-26)21-37-34(40-32)39-25-10-12-27(13-11-25)46-28-14-17-41(3)18-15-28/h4-13,16,19,21-22,28,31,38H,14-15,17-18,20H2,1-3H3,(H,37,39,40). The second kappa shape index (κ2) is 12.1. The minimum absolute atomic E-state index is 0.197. The number of rotatable bonds is 7. The normalized spacial score (nSPS) is 19.2. The molecule has 0 bridgehead atoms. The van der Waals surface area contributed by atoms with Crippen LogP contribution in [0.15, 0.2) is 95.0 Å². The van der Waals surface area contributed by atoms with E-state index in [1.807, 2.05) is 36.4 Å². The van der Waals surface area contributed by atoms with Crippen molar-refractivity contribution >= 4 is 43.9 Å². The first kappa shape index (κ1) is 30.8. The summed E-state index contributed by atoms with van der Waals surface area (Å²) in [6, 6.07) is 19.1. The third-order valence-corrected chi connectivity index (χ3v) is 11.9. The monoisotopic (exact) mass is 651 g/mol. The number of hydrogen-bond donors (Lipinski definition) is 2. The summed E-state index contributed by atoms with van der Waals surface area (Å²) < 4.78 is 34.4. The maximum Gasteiger partial charge on any atom is 0.276 e. The van der Waals surface area contributed by atoms with Gasteiger partial charge in [0.2, 0.25) is 5.95 Å². The summed E-state index contributed by atoms with van der Waals surface area (Å²) >= 11 is 0. The minimum Gasteiger partial charge on any atom is -0.490 e. The van der Waals surface area contributed by atoms with Gasteiger partial charge >= 0.3 is 0 Å². The number of piperidine rings is 1. The van der Waals surface area contributed by atoms with E-state index in [1.54, 1.807) is 62.8 Å². The molecule has 12 heteroatoms. The lowest BCUT2D eigenvalue weighted by Crippen LogP contribution is -2.49. The van der Waals surface area contributed by atoms with Crippen molar-refractivity contribution < 1.29 is 13.2 Å². The predicted octanol–water partition coefficient (Wildman–Crippen LogP) is 5.50. The van der Waals surface area contributed by atoms with Crippen molar-refractivity contribution in [2.24, 2.45) is 0 Å². The van der Waals surface area contributed by atoms with Crippen molar-refractivity contribution in [3.63, 3.8) is 0 Å². The van der Waals surface area contributed by atoms with Gasteiger partial charge in [0.1, 0.15) is 23.2 Å². The van der Waals surface area contributed by atoms with Crippen molar-refractivity contribution in [1.82, 2.24) is 24.4 Å². The molecule has 0 radical (unpaired) electrons. The summed E-state index contributed by atoms with van der Waals surface area (Å²) in [5.74, 6) is 1.08. The number of aromatic nitrogens is 4. The van der Waals surface area contributed by atoms with Gasteiger partial charge in [-0.05, 0) is 94.3 Å². The van der Waals surface area contributed by atoms with E-state index in [0.717, 1.165) is 37.4 Å². The van der Waals surface area contributed by atoms with E-state index in [2.05, 4.69) is 32.5 Å². The molecule has 1 fully saturated rings. The SMILES string of the molecule is CN1CCC(Oc2ccc(Nc3ncc4cc(Nc5cccnc5)c(=O)n(C5Cc6ccccc6S(=O)(=O)C5(C)C)c4n3)cc2)CC1. The second-order valence-electron chi connectivity index (χ2n) is 12.8. The number of ether oxygens (including phenoxy) is 1. The van der Waals surface area contributed by atoms with Crippen LogP contribution >= 0.6 is 0 Å². The van der Waals surface area contributed by atoms with Gasteiger partial charge in [-0.3, -0.25) is 14.3 Å². The number of nitrogens with zero attached hydrogens (tertiary/aromatic N) is 5. The van der Waals surface area contributed by atoms with Crippen LogP contribution in [0.5, 0.6) is 5.75 Å². The van der Waals surface area contributed by atoms with E-state index in [4.69, 9.17) is 9.72 Å². The Labute approximate surface area is 273 Å². The number of hydrogen-bond acceptors (Lipinski definition) is 10. The van der Waals surface area contributed by atoms with Gasteiger partial charge in [0.25, 0.3) is 5.56 Å². The van der Waals surface area contributed by atoms with E-state index in [1.165, 1.54) is 4.57 Å². The lowest BCUT2D eigenvalue weighted by molar-refractivity contribution is 0.114. The highest BCUT2D eigenvalue weighted by atomic mass is 32.2. The Kier molecular flexibility index (Phi) is 7.93. The first-order chi connectivity index (χ1) is 22.6. The number of benzene rings is 2. The molecular formula is C35H37N7O4S. The molecule has 0 spiro atoms. The van der Waals surface area contributed by atoms with E-state index in [9.17, 15) is 13.2 Å². The van der Waals surface area contributed by atoms with E-state index in [0.29, 0.717) is 33.6 Å². The Bertz CT molecular complexity index is 2090. The van der Waals surface area contributed by atoms with Crippen molar-refractivity contribution in [2.75, 3.05) is 30.8 Å². The van der Waals surface area contributed by atoms with Gasteiger partial charge in [-0.15, -0.1) is 0 Å². The fourth-order valence-corrected chi connectivity index (χ4v) is 8.31. The largest absolute Gasteiger partial charge is 0.490 e. The zero-order chi connectivity index (χ0) is 32.8. The number of fused-ring (bicyclic) bond motifs is 2. The fourth-order valence-electron chi connectivity index (χ4n) is 6.45. The van der Waals surface area contributed by atoms with Crippen LogP contribution in [0.3, 0.4) is 0 Å². The molecule has 7 rings (SSSR count). The van der Waals surface area contributed by atoms with Gasteiger partial charge in [-0.2, -0.15) is 4.98 Å². The minimum atomic E-state index is -3.81. The molecule has 2 aliphatic rings. The molecule has 242 valence electrons. The third-order valence-electron chi connectivity index (χ3n) is 9.27. The molecular weight excluding hydrogens is 614 g/mol. The van der Waals surface area contributed by atoms with Crippen LogP contribution < -0.4 is 20.9 Å². The molecule has 2 aliphatic heterocycles. The highest BCUT2D eigenvalue weighted by Crippen LogP contribution is 2.44. The van der Waals surface area contributed by atoms with E-state index >= 15 is 0 Å². The van der Waals surface area contributed by atoms with Gasteiger partial charge in [0.15, 0.2) is 9.84 Å². The molecule has 3 aromatic heterocycles. The third kappa shape index (κ3) is 5.83. The van der Waals surface area contributed by atoms with Crippen LogP contribution in [-0.2, 0) is 16.3 Å². The molecule has 47 heavy (non-hydrogen) atoms. The molecule has 0 saturated carbocycles. The summed E-state index contributed by atoms with van der Waals surface area (Å²) in [5.41, 5.74) is 2.24. The molecule has 1 unspecified atom stereocenters. The summed E-state index contributed by atoms with van der Waals surface area (Å²) in [7, 11) is -1.69. The van der Waals surface area contributed by atoms with Crippen LogP contribution in [-0.4, -0.2) is 63.8 Å². The lowest BCUT2D eigenvalue weighted by atomic mass is 9.93. The highest BCUT2D eigenvalue weighted by Gasteiger charge is 2.49. The van der Waals surface area contributed by atoms with Crippen molar-refractivity contribution in [2.45, 2.75) is 54.9 Å². The van der Waals surface area contributed by atoms with Gasteiger partial charge in [-0.1, -0.05) is 18.2 Å². The van der Waals surface area contributed by atoms with Gasteiger partial charge < -0.3 is 20.3 Å². The Morgan fingerprint density at radius 2 is 1.70 bits per heavy atom. The average Bonchev–Trinajstić information content (AvgIpc) is 3.06. The first-order valence-electron chi connectivity index (χ1n) is 15.7. The average molecular weight is 652 g/mol. The molecule has 2 aromatic carbocycles. The summed E-state index contributed by atoms with van der Waals surface area (Å²) in [6.45, 7) is 5.40. The Balaban J connectivity index is 1.27. The molecule has 1 atom stereocenters. The summed E-state index contributed by atoms with van der Waals surface area (Å²) in [6.07, 6.45) is 7.43. The molecule has 5 aromatic rings. The van der Waals surface area contributed by atoms with E-state index < -0.39 is 26.2 Å². The summed E-state index contributed by atoms with van der Waals surface area (Å²) in [5, 5.41) is 7.00. The van der Waals surface area contributed by atoms with Gasteiger partial charge in [0, 0.05) is 36.6 Å². The molecule has 1 saturated heterocycles. The van der Waals surface area contributed by atoms with E-state index in [-0.39, 0.29) is 17.7 Å². The quantitative estimate of drug-likeness (QED) is 0.233. The zero-order valence-corrected chi connectivity index (χ0v) is 27.4. The molecule has 2 N–H and O–H groups in total. The number of sulfone groups is 1. The molecule has 0 aliphatic carbocycles. The fraction of sp³-hybridized carbons (Fsp3) is 0.314. The van der Waals surface area contributed by atoms with Gasteiger partial charge in [-0.25, -0.2) is 13.4 Å². The summed E-state index contributed by atoms with van der Waals surface area (Å²) in [4.78, 5) is 30.5. The number of pyridine rings is 2. The van der Waals surface area contributed by atoms with Crippen molar-refractivity contribution in [1.29, 1.82) is 0 Å². The number of likely N-dealkylation sites (tertiary alicyclic amines) is 1. The smallest absolute Gasteiger partial charge is 0.276 e. The maximum atomic E-state index is 14.4. The topological polar surface area (TPSA) is 131 Å². The van der Waals surface area contributed by atoms with Crippen LogP contribution in [0.2, 0.25) is 0 Å². The Hall–Kier alpha value is -4.81. The lowest BCUT2D eigenvalue weighted by Gasteiger charge is -2.40. The molecule has 5 heterocycles.